The van der Waals surface area contributed by atoms with Gasteiger partial charge in [-0.2, -0.15) is 0 Å². The van der Waals surface area contributed by atoms with Gasteiger partial charge in [-0.3, -0.25) is 9.59 Å². The highest BCUT2D eigenvalue weighted by molar-refractivity contribution is 7.18. The predicted octanol–water partition coefficient (Wildman–Crippen LogP) is 5.37. The number of thiazole rings is 1. The molecule has 5 nitrogen and oxygen atoms in total. The van der Waals surface area contributed by atoms with Crippen molar-refractivity contribution in [2.24, 2.45) is 0 Å². The van der Waals surface area contributed by atoms with Gasteiger partial charge in [0.1, 0.15) is 0 Å². The zero-order valence-corrected chi connectivity index (χ0v) is 18.7. The van der Waals surface area contributed by atoms with Crippen molar-refractivity contribution >= 4 is 33.3 Å². The lowest BCUT2D eigenvalue weighted by Gasteiger charge is -2.10. The van der Waals surface area contributed by atoms with Gasteiger partial charge in [-0.15, -0.1) is 11.3 Å². The highest BCUT2D eigenvalue weighted by Gasteiger charge is 2.18. The van der Waals surface area contributed by atoms with Gasteiger partial charge in [-0.25, -0.2) is 4.98 Å². The van der Waals surface area contributed by atoms with Crippen molar-refractivity contribution in [3.63, 3.8) is 0 Å². The van der Waals surface area contributed by atoms with Gasteiger partial charge in [0.2, 0.25) is 5.78 Å². The smallest absolute Gasteiger partial charge is 0.306 e. The Hall–Kier alpha value is -3.25. The molecule has 158 valence electrons. The fourth-order valence-corrected chi connectivity index (χ4v) is 4.63. The summed E-state index contributed by atoms with van der Waals surface area (Å²) in [4.78, 5) is 29.4. The molecule has 0 amide bonds. The number of rotatable bonds is 7. The Kier molecular flexibility index (Phi) is 6.00. The van der Waals surface area contributed by atoms with Crippen LogP contribution in [0, 0.1) is 20.8 Å². The minimum absolute atomic E-state index is 0.195. The summed E-state index contributed by atoms with van der Waals surface area (Å²) in [7, 11) is 0. The summed E-state index contributed by atoms with van der Waals surface area (Å²) in [5.41, 5.74) is 5.52. The van der Waals surface area contributed by atoms with E-state index in [-0.39, 0.29) is 24.8 Å². The fourth-order valence-electron chi connectivity index (χ4n) is 3.67. The molecule has 0 spiro atoms. The van der Waals surface area contributed by atoms with Crippen LogP contribution in [0.5, 0.6) is 0 Å². The quantitative estimate of drug-likeness (QED) is 0.291. The second-order valence-corrected chi connectivity index (χ2v) is 8.73. The van der Waals surface area contributed by atoms with Crippen LogP contribution in [0.2, 0.25) is 0 Å². The van der Waals surface area contributed by atoms with Gasteiger partial charge in [-0.05, 0) is 51.1 Å². The average molecular weight is 433 g/mol. The molecule has 0 N–H and O–H groups in total. The van der Waals surface area contributed by atoms with E-state index in [0.29, 0.717) is 12.0 Å². The van der Waals surface area contributed by atoms with Crippen molar-refractivity contribution in [3.8, 4) is 5.69 Å². The third-order valence-corrected chi connectivity index (χ3v) is 6.37. The van der Waals surface area contributed by atoms with E-state index in [2.05, 4.69) is 4.98 Å². The largest absolute Gasteiger partial charge is 0.457 e. The Morgan fingerprint density at radius 1 is 1.03 bits per heavy atom. The van der Waals surface area contributed by atoms with Crippen molar-refractivity contribution in [1.82, 2.24) is 9.55 Å². The number of ketones is 1. The number of esters is 1. The van der Waals surface area contributed by atoms with Gasteiger partial charge < -0.3 is 9.30 Å². The molecule has 0 atom stereocenters. The van der Waals surface area contributed by atoms with Crippen molar-refractivity contribution in [2.45, 2.75) is 33.6 Å². The number of aryl methyl sites for hydroxylation is 3. The SMILES string of the molecule is Cc1ccc(-n2c(C)cc(C(=O)COC(=O)CCc3nc4ccccc4s3)c2C)cc1. The van der Waals surface area contributed by atoms with Crippen LogP contribution in [-0.2, 0) is 16.0 Å². The number of nitrogens with zero attached hydrogens (tertiary/aromatic N) is 2. The van der Waals surface area contributed by atoms with Crippen LogP contribution in [0.1, 0.15) is 38.7 Å². The predicted molar refractivity (Wildman–Crippen MR) is 123 cm³/mol. The molecular formula is C25H24N2O3S. The van der Waals surface area contributed by atoms with Crippen LogP contribution in [0.25, 0.3) is 15.9 Å². The van der Waals surface area contributed by atoms with Crippen molar-refractivity contribution in [3.05, 3.63) is 82.1 Å². The number of Topliss-reactive ketones (excluding diaryl/α,β-unsaturated/α-hetero) is 1. The number of carbonyl (C=O) groups excluding carboxylic acids is 2. The molecule has 0 aliphatic heterocycles. The standard InChI is InChI=1S/C25H24N2O3S/c1-16-8-10-19(11-9-16)27-17(2)14-20(18(27)3)22(28)15-30-25(29)13-12-24-26-21-6-4-5-7-23(21)31-24/h4-11,14H,12-13,15H2,1-3H3. The van der Waals surface area contributed by atoms with Gasteiger partial charge in [0, 0.05) is 29.1 Å². The highest BCUT2D eigenvalue weighted by Crippen LogP contribution is 2.23. The summed E-state index contributed by atoms with van der Waals surface area (Å²) in [6.45, 7) is 5.67. The second-order valence-electron chi connectivity index (χ2n) is 7.61. The molecular weight excluding hydrogens is 408 g/mol. The van der Waals surface area contributed by atoms with Gasteiger partial charge in [0.25, 0.3) is 0 Å². The molecule has 2 heterocycles. The normalized spacial score (nSPS) is 11.1. The minimum Gasteiger partial charge on any atom is -0.457 e. The Morgan fingerprint density at radius 2 is 1.77 bits per heavy atom. The van der Waals surface area contributed by atoms with Crippen molar-refractivity contribution in [2.75, 3.05) is 6.61 Å². The summed E-state index contributed by atoms with van der Waals surface area (Å²) in [6.07, 6.45) is 0.712. The first-order chi connectivity index (χ1) is 14.9. The first-order valence-electron chi connectivity index (χ1n) is 10.2. The number of aromatic nitrogens is 2. The molecule has 31 heavy (non-hydrogen) atoms. The fraction of sp³-hybridized carbons (Fsp3) is 0.240. The maximum atomic E-state index is 12.7. The third kappa shape index (κ3) is 4.59. The number of benzene rings is 2. The lowest BCUT2D eigenvalue weighted by atomic mass is 10.1. The minimum atomic E-state index is -0.389. The zero-order chi connectivity index (χ0) is 22.0. The molecule has 0 bridgehead atoms. The molecule has 0 aliphatic carbocycles. The maximum absolute atomic E-state index is 12.7. The van der Waals surface area contributed by atoms with Crippen LogP contribution in [0.15, 0.2) is 54.6 Å². The van der Waals surface area contributed by atoms with E-state index in [1.54, 1.807) is 11.3 Å². The molecule has 6 heteroatoms. The molecule has 0 aliphatic rings. The Balaban J connectivity index is 1.36. The van der Waals surface area contributed by atoms with Gasteiger partial charge in [0.05, 0.1) is 21.6 Å². The van der Waals surface area contributed by atoms with E-state index in [0.717, 1.165) is 32.3 Å². The Labute approximate surface area is 185 Å². The first kappa shape index (κ1) is 21.0. The van der Waals surface area contributed by atoms with Gasteiger partial charge in [-0.1, -0.05) is 29.8 Å². The average Bonchev–Trinajstić information content (AvgIpc) is 3.31. The van der Waals surface area contributed by atoms with Crippen molar-refractivity contribution in [1.29, 1.82) is 0 Å². The van der Waals surface area contributed by atoms with E-state index in [1.165, 1.54) is 5.56 Å². The summed E-state index contributed by atoms with van der Waals surface area (Å²) in [5, 5.41) is 0.895. The molecule has 0 unspecified atom stereocenters. The number of fused-ring (bicyclic) bond motifs is 1. The molecule has 0 saturated carbocycles. The van der Waals surface area contributed by atoms with Crippen LogP contribution < -0.4 is 0 Å². The first-order valence-corrected chi connectivity index (χ1v) is 11.0. The Bertz CT molecular complexity index is 1220. The van der Waals surface area contributed by atoms with Gasteiger partial charge >= 0.3 is 5.97 Å². The molecule has 4 aromatic rings. The molecule has 2 aromatic heterocycles. The van der Waals surface area contributed by atoms with Crippen LogP contribution >= 0.6 is 11.3 Å². The molecule has 4 rings (SSSR count). The van der Waals surface area contributed by atoms with Crippen LogP contribution in [0.3, 0.4) is 0 Å². The van der Waals surface area contributed by atoms with Gasteiger partial charge in [0.15, 0.2) is 6.61 Å². The monoisotopic (exact) mass is 432 g/mol. The topological polar surface area (TPSA) is 61.2 Å². The molecule has 2 aromatic carbocycles. The maximum Gasteiger partial charge on any atom is 0.306 e. The number of hydrogen-bond acceptors (Lipinski definition) is 5. The van der Waals surface area contributed by atoms with E-state index in [1.807, 2.05) is 79.9 Å². The highest BCUT2D eigenvalue weighted by atomic mass is 32.1. The van der Waals surface area contributed by atoms with Crippen LogP contribution in [-0.4, -0.2) is 27.9 Å². The lowest BCUT2D eigenvalue weighted by molar-refractivity contribution is -0.142. The summed E-state index contributed by atoms with van der Waals surface area (Å²) >= 11 is 1.58. The van der Waals surface area contributed by atoms with Crippen LogP contribution in [0.4, 0.5) is 0 Å². The number of carbonyl (C=O) groups is 2. The summed E-state index contributed by atoms with van der Waals surface area (Å²) < 4.78 is 8.40. The Morgan fingerprint density at radius 3 is 2.52 bits per heavy atom. The van der Waals surface area contributed by atoms with Crippen molar-refractivity contribution < 1.29 is 14.3 Å². The summed E-state index contributed by atoms with van der Waals surface area (Å²) in [5.74, 6) is -0.584. The van der Waals surface area contributed by atoms with E-state index < -0.39 is 0 Å². The lowest BCUT2D eigenvalue weighted by Crippen LogP contribution is -2.15. The van der Waals surface area contributed by atoms with E-state index >= 15 is 0 Å². The molecule has 0 fully saturated rings. The number of ether oxygens (including phenoxy) is 1. The third-order valence-electron chi connectivity index (χ3n) is 5.27. The van der Waals surface area contributed by atoms with E-state index in [9.17, 15) is 9.59 Å². The van der Waals surface area contributed by atoms with E-state index in [4.69, 9.17) is 4.74 Å². The summed E-state index contributed by atoms with van der Waals surface area (Å²) in [6, 6.07) is 17.9. The molecule has 0 radical (unpaired) electrons. The number of hydrogen-bond donors (Lipinski definition) is 0. The zero-order valence-electron chi connectivity index (χ0n) is 17.8. The second kappa shape index (κ2) is 8.86. The molecule has 0 saturated heterocycles. The number of para-hydroxylation sites is 1.